The van der Waals surface area contributed by atoms with E-state index >= 15 is 0 Å². The van der Waals surface area contributed by atoms with Crippen LogP contribution in [-0.4, -0.2) is 35.7 Å². The fraction of sp³-hybridized carbons (Fsp3) is 0.385. The molecule has 0 spiro atoms. The monoisotopic (exact) mass is 435 g/mol. The lowest BCUT2D eigenvalue weighted by Crippen LogP contribution is -2.33. The van der Waals surface area contributed by atoms with E-state index in [4.69, 9.17) is 15.5 Å². The summed E-state index contributed by atoms with van der Waals surface area (Å²) in [5.74, 6) is 1.27. The third-order valence-electron chi connectivity index (χ3n) is 5.43. The number of nitrogens with two attached hydrogens (primary N) is 1. The number of benzene rings is 2. The molecule has 32 heavy (non-hydrogen) atoms. The van der Waals surface area contributed by atoms with Crippen molar-refractivity contribution in [1.29, 1.82) is 0 Å². The van der Waals surface area contributed by atoms with Gasteiger partial charge in [0, 0.05) is 17.3 Å². The number of hydrogen-bond donors (Lipinski definition) is 2. The summed E-state index contributed by atoms with van der Waals surface area (Å²) < 4.78 is 10.5. The zero-order valence-electron chi connectivity index (χ0n) is 19.0. The number of H-pyrrole nitrogens is 1. The minimum Gasteiger partial charge on any atom is -0.494 e. The van der Waals surface area contributed by atoms with E-state index < -0.39 is 12.0 Å². The number of rotatable bonds is 12. The molecule has 0 amide bonds. The van der Waals surface area contributed by atoms with E-state index in [1.165, 1.54) is 32.8 Å². The normalized spacial score (nSPS) is 11.8. The quantitative estimate of drug-likeness (QED) is 0.304. The Balaban J connectivity index is 1.55. The molecule has 0 saturated heterocycles. The Morgan fingerprint density at radius 3 is 2.38 bits per heavy atom. The number of carbonyl (C=O) groups is 1. The summed E-state index contributed by atoms with van der Waals surface area (Å²) in [6, 6.07) is 15.2. The second-order valence-corrected chi connectivity index (χ2v) is 7.95. The molecule has 0 fully saturated rings. The van der Waals surface area contributed by atoms with Gasteiger partial charge < -0.3 is 20.2 Å². The van der Waals surface area contributed by atoms with Gasteiger partial charge in [-0.15, -0.1) is 0 Å². The molecule has 6 nitrogen and oxygen atoms in total. The van der Waals surface area contributed by atoms with Gasteiger partial charge in [0.15, 0.2) is 0 Å². The summed E-state index contributed by atoms with van der Waals surface area (Å²) in [4.78, 5) is 19.5. The standard InChI is InChI=1S/C26H33N3O3/c1-3-4-5-6-7-16-32-22-14-12-20(13-15-22)24-18-28-25(29-24)21-10-8-19(9-11-21)17-23(27)26(30)31-2/h8-15,18,23H,3-7,16-17,27H2,1-2H3,(H,28,29). The van der Waals surface area contributed by atoms with Crippen molar-refractivity contribution >= 4 is 5.97 Å². The van der Waals surface area contributed by atoms with E-state index in [0.29, 0.717) is 6.42 Å². The number of imidazole rings is 1. The van der Waals surface area contributed by atoms with Crippen LogP contribution >= 0.6 is 0 Å². The van der Waals surface area contributed by atoms with Gasteiger partial charge in [-0.25, -0.2) is 4.98 Å². The van der Waals surface area contributed by atoms with Gasteiger partial charge >= 0.3 is 5.97 Å². The highest BCUT2D eigenvalue weighted by atomic mass is 16.5. The number of esters is 1. The second-order valence-electron chi connectivity index (χ2n) is 7.95. The molecule has 2 aromatic carbocycles. The van der Waals surface area contributed by atoms with Crippen LogP contribution in [0.1, 0.15) is 44.6 Å². The summed E-state index contributed by atoms with van der Waals surface area (Å²) in [5, 5.41) is 0. The molecule has 6 heteroatoms. The van der Waals surface area contributed by atoms with E-state index in [1.807, 2.05) is 54.7 Å². The molecule has 0 bridgehead atoms. The minimum absolute atomic E-state index is 0.409. The summed E-state index contributed by atoms with van der Waals surface area (Å²) in [5.41, 5.74) is 9.68. The van der Waals surface area contributed by atoms with Crippen LogP contribution in [0.15, 0.2) is 54.7 Å². The number of nitrogens with one attached hydrogen (secondary N) is 1. The summed E-state index contributed by atoms with van der Waals surface area (Å²) in [7, 11) is 1.34. The molecule has 3 rings (SSSR count). The van der Waals surface area contributed by atoms with Crippen molar-refractivity contribution in [3.63, 3.8) is 0 Å². The fourth-order valence-corrected chi connectivity index (χ4v) is 3.52. The zero-order valence-corrected chi connectivity index (χ0v) is 19.0. The molecule has 0 aliphatic rings. The molecule has 3 N–H and O–H groups in total. The van der Waals surface area contributed by atoms with Crippen molar-refractivity contribution in [1.82, 2.24) is 9.97 Å². The first-order valence-corrected chi connectivity index (χ1v) is 11.3. The number of aromatic amines is 1. The van der Waals surface area contributed by atoms with E-state index in [0.717, 1.165) is 47.0 Å². The first-order valence-electron chi connectivity index (χ1n) is 11.3. The van der Waals surface area contributed by atoms with E-state index in [-0.39, 0.29) is 0 Å². The van der Waals surface area contributed by atoms with Crippen LogP contribution in [0.2, 0.25) is 0 Å². The number of methoxy groups -OCH3 is 1. The van der Waals surface area contributed by atoms with Gasteiger partial charge in [0.05, 0.1) is 19.4 Å². The Labute approximate surface area is 190 Å². The summed E-state index contributed by atoms with van der Waals surface area (Å²) in [6.45, 7) is 2.98. The highest BCUT2D eigenvalue weighted by molar-refractivity contribution is 5.75. The number of nitrogens with zero attached hydrogens (tertiary/aromatic N) is 1. The molecule has 0 saturated carbocycles. The van der Waals surface area contributed by atoms with Crippen LogP contribution in [0.4, 0.5) is 0 Å². The van der Waals surface area contributed by atoms with E-state index in [2.05, 4.69) is 16.6 Å². The smallest absolute Gasteiger partial charge is 0.322 e. The Morgan fingerprint density at radius 1 is 1.00 bits per heavy atom. The molecule has 3 aromatic rings. The van der Waals surface area contributed by atoms with Crippen LogP contribution in [0.25, 0.3) is 22.6 Å². The number of aromatic nitrogens is 2. The zero-order chi connectivity index (χ0) is 22.8. The van der Waals surface area contributed by atoms with Crippen LogP contribution < -0.4 is 10.5 Å². The topological polar surface area (TPSA) is 90.2 Å². The lowest BCUT2D eigenvalue weighted by Gasteiger charge is -2.09. The SMILES string of the molecule is CCCCCCCOc1ccc(-c2c[nH]c(-c3ccc(CC(N)C(=O)OC)cc3)n2)cc1. The van der Waals surface area contributed by atoms with Crippen LogP contribution in [0, 0.1) is 0 Å². The molecule has 1 heterocycles. The lowest BCUT2D eigenvalue weighted by atomic mass is 10.0. The average molecular weight is 436 g/mol. The predicted molar refractivity (Wildman–Crippen MR) is 127 cm³/mol. The van der Waals surface area contributed by atoms with Crippen molar-refractivity contribution in [2.45, 2.75) is 51.5 Å². The number of unbranched alkanes of at least 4 members (excludes halogenated alkanes) is 4. The Hall–Kier alpha value is -3.12. The fourth-order valence-electron chi connectivity index (χ4n) is 3.52. The molecule has 170 valence electrons. The van der Waals surface area contributed by atoms with Crippen molar-refractivity contribution in [2.24, 2.45) is 5.73 Å². The van der Waals surface area contributed by atoms with Crippen LogP contribution in [0.3, 0.4) is 0 Å². The molecule has 0 radical (unpaired) electrons. The number of carbonyl (C=O) groups excluding carboxylic acids is 1. The highest BCUT2D eigenvalue weighted by Crippen LogP contribution is 2.24. The van der Waals surface area contributed by atoms with Crippen molar-refractivity contribution < 1.29 is 14.3 Å². The molecule has 1 unspecified atom stereocenters. The maximum absolute atomic E-state index is 11.5. The van der Waals surface area contributed by atoms with Crippen molar-refractivity contribution in [2.75, 3.05) is 13.7 Å². The Kier molecular flexibility index (Phi) is 8.87. The Morgan fingerprint density at radius 2 is 1.69 bits per heavy atom. The summed E-state index contributed by atoms with van der Waals surface area (Å²) in [6.07, 6.45) is 8.49. The van der Waals surface area contributed by atoms with Crippen molar-refractivity contribution in [3.05, 3.63) is 60.3 Å². The first-order chi connectivity index (χ1) is 15.6. The third kappa shape index (κ3) is 6.69. The molecule has 0 aliphatic heterocycles. The molecular formula is C26H33N3O3. The van der Waals surface area contributed by atoms with E-state index in [9.17, 15) is 4.79 Å². The number of hydrogen-bond acceptors (Lipinski definition) is 5. The first kappa shape index (κ1) is 23.5. The summed E-state index contributed by atoms with van der Waals surface area (Å²) >= 11 is 0. The average Bonchev–Trinajstić information content (AvgIpc) is 3.32. The minimum atomic E-state index is -0.658. The third-order valence-corrected chi connectivity index (χ3v) is 5.43. The van der Waals surface area contributed by atoms with Gasteiger partial charge in [0.25, 0.3) is 0 Å². The van der Waals surface area contributed by atoms with Gasteiger partial charge in [0.1, 0.15) is 17.6 Å². The largest absolute Gasteiger partial charge is 0.494 e. The maximum Gasteiger partial charge on any atom is 0.322 e. The molecule has 1 atom stereocenters. The second kappa shape index (κ2) is 12.1. The van der Waals surface area contributed by atoms with Crippen molar-refractivity contribution in [3.8, 4) is 28.4 Å². The lowest BCUT2D eigenvalue weighted by molar-refractivity contribution is -0.142. The van der Waals surface area contributed by atoms with Gasteiger partial charge in [0.2, 0.25) is 0 Å². The Bertz CT molecular complexity index is 965. The van der Waals surface area contributed by atoms with Gasteiger partial charge in [-0.3, -0.25) is 4.79 Å². The predicted octanol–water partition coefficient (Wildman–Crippen LogP) is 5.14. The maximum atomic E-state index is 11.5. The van der Waals surface area contributed by atoms with E-state index in [1.54, 1.807) is 0 Å². The van der Waals surface area contributed by atoms with Gasteiger partial charge in [-0.05, 0) is 42.7 Å². The molecule has 0 aliphatic carbocycles. The highest BCUT2D eigenvalue weighted by Gasteiger charge is 2.14. The number of ether oxygens (including phenoxy) is 2. The van der Waals surface area contributed by atoms with Crippen LogP contribution in [-0.2, 0) is 16.0 Å². The molecule has 1 aromatic heterocycles. The van der Waals surface area contributed by atoms with Gasteiger partial charge in [-0.2, -0.15) is 0 Å². The molecular weight excluding hydrogens is 402 g/mol. The van der Waals surface area contributed by atoms with Crippen LogP contribution in [0.5, 0.6) is 5.75 Å². The van der Waals surface area contributed by atoms with Gasteiger partial charge in [-0.1, -0.05) is 56.9 Å².